The highest BCUT2D eigenvalue weighted by atomic mass is 32.2. The highest BCUT2D eigenvalue weighted by Gasteiger charge is 2.30. The topological polar surface area (TPSA) is 78.5 Å². The van der Waals surface area contributed by atoms with Gasteiger partial charge in [-0.1, -0.05) is 24.3 Å². The minimum Gasteiger partial charge on any atom is -0.322 e. The van der Waals surface area contributed by atoms with Crippen LogP contribution < -0.4 is 10.0 Å². The number of amides is 1. The number of sulfonamides is 1. The number of halogens is 3. The van der Waals surface area contributed by atoms with E-state index in [1.54, 1.807) is 12.1 Å². The van der Waals surface area contributed by atoms with Crippen LogP contribution in [0.1, 0.15) is 21.5 Å². The lowest BCUT2D eigenvalue weighted by molar-refractivity contribution is -0.137. The van der Waals surface area contributed by atoms with E-state index in [4.69, 9.17) is 0 Å². The molecule has 0 bridgehead atoms. The summed E-state index contributed by atoms with van der Waals surface area (Å²) in [6, 6.07) is 16.3. The van der Waals surface area contributed by atoms with Crippen molar-refractivity contribution in [2.75, 3.05) is 24.1 Å². The van der Waals surface area contributed by atoms with E-state index in [1.807, 2.05) is 31.1 Å². The fraction of sp³-hybridized carbons (Fsp3) is 0.174. The Labute approximate surface area is 190 Å². The zero-order valence-electron chi connectivity index (χ0n) is 17.8. The van der Waals surface area contributed by atoms with Gasteiger partial charge in [0.15, 0.2) is 0 Å². The maximum atomic E-state index is 12.9. The Balaban J connectivity index is 1.75. The van der Waals surface area contributed by atoms with E-state index in [0.717, 1.165) is 17.7 Å². The summed E-state index contributed by atoms with van der Waals surface area (Å²) in [6.45, 7) is 0.620. The van der Waals surface area contributed by atoms with Gasteiger partial charge in [0.1, 0.15) is 0 Å². The first-order valence-corrected chi connectivity index (χ1v) is 11.3. The molecule has 33 heavy (non-hydrogen) atoms. The van der Waals surface area contributed by atoms with Crippen molar-refractivity contribution in [1.29, 1.82) is 0 Å². The summed E-state index contributed by atoms with van der Waals surface area (Å²) in [5.74, 6) is -0.420. The van der Waals surface area contributed by atoms with Crippen molar-refractivity contribution in [3.05, 3.63) is 89.5 Å². The number of benzene rings is 3. The highest BCUT2D eigenvalue weighted by molar-refractivity contribution is 7.92. The molecule has 0 radical (unpaired) electrons. The number of hydrogen-bond acceptors (Lipinski definition) is 4. The van der Waals surface area contributed by atoms with E-state index in [1.165, 1.54) is 30.3 Å². The SMILES string of the molecule is CN(C)Cc1ccccc1NC(=O)c1ccc(S(=O)(=O)Nc2cccc(C(F)(F)F)c2)cc1. The van der Waals surface area contributed by atoms with E-state index in [-0.39, 0.29) is 16.1 Å². The Hall–Kier alpha value is -3.37. The number of rotatable bonds is 7. The lowest BCUT2D eigenvalue weighted by Gasteiger charge is -2.15. The zero-order valence-corrected chi connectivity index (χ0v) is 18.7. The van der Waals surface area contributed by atoms with Crippen LogP contribution in [0.15, 0.2) is 77.7 Å². The van der Waals surface area contributed by atoms with Crippen LogP contribution in [0.25, 0.3) is 0 Å². The molecule has 1 amide bonds. The van der Waals surface area contributed by atoms with Gasteiger partial charge in [-0.2, -0.15) is 13.2 Å². The third-order valence-corrected chi connectivity index (χ3v) is 6.02. The fourth-order valence-electron chi connectivity index (χ4n) is 3.07. The van der Waals surface area contributed by atoms with Gasteiger partial charge in [-0.15, -0.1) is 0 Å². The van der Waals surface area contributed by atoms with Gasteiger partial charge in [-0.3, -0.25) is 9.52 Å². The van der Waals surface area contributed by atoms with Gasteiger partial charge < -0.3 is 10.2 Å². The molecule has 3 aromatic rings. The van der Waals surface area contributed by atoms with E-state index >= 15 is 0 Å². The molecule has 0 unspecified atom stereocenters. The monoisotopic (exact) mass is 477 g/mol. The van der Waals surface area contributed by atoms with Crippen molar-refractivity contribution in [3.63, 3.8) is 0 Å². The van der Waals surface area contributed by atoms with E-state index in [0.29, 0.717) is 18.3 Å². The van der Waals surface area contributed by atoms with Gasteiger partial charge in [-0.25, -0.2) is 8.42 Å². The molecule has 2 N–H and O–H groups in total. The van der Waals surface area contributed by atoms with Crippen LogP contribution in [0.3, 0.4) is 0 Å². The van der Waals surface area contributed by atoms with Crippen molar-refractivity contribution in [1.82, 2.24) is 4.90 Å². The van der Waals surface area contributed by atoms with Crippen LogP contribution in [0.5, 0.6) is 0 Å². The van der Waals surface area contributed by atoms with E-state index < -0.39 is 27.7 Å². The summed E-state index contributed by atoms with van der Waals surface area (Å²) in [5.41, 5.74) is 0.598. The van der Waals surface area contributed by atoms with Crippen molar-refractivity contribution >= 4 is 27.3 Å². The molecular weight excluding hydrogens is 455 g/mol. The maximum absolute atomic E-state index is 12.9. The molecule has 6 nitrogen and oxygen atoms in total. The first kappa shape index (κ1) is 24.3. The minimum absolute atomic E-state index is 0.190. The molecule has 0 saturated heterocycles. The van der Waals surface area contributed by atoms with E-state index in [9.17, 15) is 26.4 Å². The smallest absolute Gasteiger partial charge is 0.322 e. The Morgan fingerprint density at radius 3 is 2.24 bits per heavy atom. The number of hydrogen-bond donors (Lipinski definition) is 2. The quantitative estimate of drug-likeness (QED) is 0.512. The number of alkyl halides is 3. The summed E-state index contributed by atoms with van der Waals surface area (Å²) in [7, 11) is -0.336. The van der Waals surface area contributed by atoms with Crippen LogP contribution in [0.4, 0.5) is 24.5 Å². The average molecular weight is 478 g/mol. The molecule has 0 aliphatic rings. The standard InChI is InChI=1S/C23H22F3N3O3S/c1-29(2)15-17-6-3-4-9-21(17)27-22(30)16-10-12-20(13-11-16)33(31,32)28-19-8-5-7-18(14-19)23(24,25)26/h3-14,28H,15H2,1-2H3,(H,27,30). The second-order valence-electron chi connectivity index (χ2n) is 7.56. The number of nitrogens with one attached hydrogen (secondary N) is 2. The molecule has 0 aliphatic carbocycles. The second-order valence-corrected chi connectivity index (χ2v) is 9.24. The normalized spacial score (nSPS) is 11.9. The Kier molecular flexibility index (Phi) is 7.09. The van der Waals surface area contributed by atoms with Crippen LogP contribution in [0, 0.1) is 0 Å². The third kappa shape index (κ3) is 6.33. The van der Waals surface area contributed by atoms with Crippen molar-refractivity contribution in [2.24, 2.45) is 0 Å². The number of para-hydroxylation sites is 1. The predicted octanol–water partition coefficient (Wildman–Crippen LogP) is 4.82. The summed E-state index contributed by atoms with van der Waals surface area (Å²) in [6.07, 6.45) is -4.60. The second kappa shape index (κ2) is 9.63. The van der Waals surface area contributed by atoms with Gasteiger partial charge in [0.05, 0.1) is 10.5 Å². The number of anilines is 2. The van der Waals surface area contributed by atoms with Gasteiger partial charge in [0.2, 0.25) is 0 Å². The highest BCUT2D eigenvalue weighted by Crippen LogP contribution is 2.31. The molecule has 0 atom stereocenters. The van der Waals surface area contributed by atoms with Crippen LogP contribution in [-0.2, 0) is 22.7 Å². The Bertz CT molecular complexity index is 1240. The Morgan fingerprint density at radius 1 is 0.939 bits per heavy atom. The van der Waals surface area contributed by atoms with Gasteiger partial charge >= 0.3 is 6.18 Å². The largest absolute Gasteiger partial charge is 0.416 e. The summed E-state index contributed by atoms with van der Waals surface area (Å²) < 4.78 is 65.9. The van der Waals surface area contributed by atoms with Crippen LogP contribution in [0.2, 0.25) is 0 Å². The molecule has 0 heterocycles. The number of nitrogens with zero attached hydrogens (tertiary/aromatic N) is 1. The molecule has 0 fully saturated rings. The molecule has 3 aromatic carbocycles. The van der Waals surface area contributed by atoms with Gasteiger partial charge in [0, 0.05) is 23.5 Å². The molecule has 0 spiro atoms. The fourth-order valence-corrected chi connectivity index (χ4v) is 4.12. The lowest BCUT2D eigenvalue weighted by Crippen LogP contribution is -2.17. The third-order valence-electron chi connectivity index (χ3n) is 4.62. The maximum Gasteiger partial charge on any atom is 0.416 e. The molecule has 0 aromatic heterocycles. The van der Waals surface area contributed by atoms with Crippen LogP contribution >= 0.6 is 0 Å². The average Bonchev–Trinajstić information content (AvgIpc) is 2.74. The molecular formula is C23H22F3N3O3S. The summed E-state index contributed by atoms with van der Waals surface area (Å²) in [5, 5.41) is 2.81. The Morgan fingerprint density at radius 2 is 1.61 bits per heavy atom. The molecule has 3 rings (SSSR count). The zero-order chi connectivity index (χ0) is 24.2. The molecule has 0 saturated carbocycles. The minimum atomic E-state index is -4.60. The number of carbonyl (C=O) groups excluding carboxylic acids is 1. The first-order chi connectivity index (χ1) is 15.5. The van der Waals surface area contributed by atoms with Gasteiger partial charge in [-0.05, 0) is 68.2 Å². The molecule has 0 aliphatic heterocycles. The first-order valence-electron chi connectivity index (χ1n) is 9.80. The summed E-state index contributed by atoms with van der Waals surface area (Å²) in [4.78, 5) is 14.4. The van der Waals surface area contributed by atoms with Crippen molar-refractivity contribution in [3.8, 4) is 0 Å². The lowest BCUT2D eigenvalue weighted by atomic mass is 10.1. The molecule has 10 heteroatoms. The number of carbonyl (C=O) groups is 1. The van der Waals surface area contributed by atoms with Crippen LogP contribution in [-0.4, -0.2) is 33.3 Å². The molecule has 174 valence electrons. The summed E-state index contributed by atoms with van der Waals surface area (Å²) >= 11 is 0. The van der Waals surface area contributed by atoms with Crippen molar-refractivity contribution < 1.29 is 26.4 Å². The van der Waals surface area contributed by atoms with Gasteiger partial charge in [0.25, 0.3) is 15.9 Å². The predicted molar refractivity (Wildman–Crippen MR) is 120 cm³/mol. The van der Waals surface area contributed by atoms with E-state index in [2.05, 4.69) is 10.0 Å². The van der Waals surface area contributed by atoms with Crippen molar-refractivity contribution in [2.45, 2.75) is 17.6 Å².